The van der Waals surface area contributed by atoms with Crippen LogP contribution < -0.4 is 15.2 Å². The van der Waals surface area contributed by atoms with E-state index >= 15 is 0 Å². The molecule has 0 atom stereocenters. The van der Waals surface area contributed by atoms with Gasteiger partial charge in [0.25, 0.3) is 15.9 Å². The number of hydrogen-bond acceptors (Lipinski definition) is 5. The van der Waals surface area contributed by atoms with E-state index in [0.29, 0.717) is 11.1 Å². The van der Waals surface area contributed by atoms with E-state index < -0.39 is 26.0 Å². The first kappa shape index (κ1) is 23.5. The lowest BCUT2D eigenvalue weighted by Crippen LogP contribution is -2.20. The molecular weight excluding hydrogens is 450 g/mol. The smallest absolute Gasteiger partial charge is 0.262 e. The lowest BCUT2D eigenvalue weighted by molar-refractivity contribution is 0.102. The highest BCUT2D eigenvalue weighted by atomic mass is 32.2. The van der Waals surface area contributed by atoms with E-state index in [1.54, 1.807) is 45.0 Å². The van der Waals surface area contributed by atoms with Crippen LogP contribution in [0.1, 0.15) is 27.0 Å². The lowest BCUT2D eigenvalue weighted by Gasteiger charge is -2.15. The van der Waals surface area contributed by atoms with Crippen LogP contribution in [0.2, 0.25) is 0 Å². The zero-order valence-corrected chi connectivity index (χ0v) is 19.3. The van der Waals surface area contributed by atoms with Crippen LogP contribution in [0.25, 0.3) is 0 Å². The SMILES string of the molecule is Cc1ccc(C)c(S(=O)(=O)Nc2ccccc2C(=O)Nc2ccc(C)c(S(N)(=O)=O)c2)c1. The Morgan fingerprint density at radius 3 is 2.12 bits per heavy atom. The number of nitrogens with one attached hydrogen (secondary N) is 2. The Hall–Kier alpha value is -3.21. The average Bonchev–Trinajstić information content (AvgIpc) is 2.70. The summed E-state index contributed by atoms with van der Waals surface area (Å²) in [5.41, 5.74) is 2.15. The summed E-state index contributed by atoms with van der Waals surface area (Å²) in [5.74, 6) is -0.617. The summed E-state index contributed by atoms with van der Waals surface area (Å²) >= 11 is 0. The molecule has 0 fully saturated rings. The van der Waals surface area contributed by atoms with Gasteiger partial charge >= 0.3 is 0 Å². The summed E-state index contributed by atoms with van der Waals surface area (Å²) in [6.45, 7) is 5.06. The largest absolute Gasteiger partial charge is 0.322 e. The van der Waals surface area contributed by atoms with Crippen molar-refractivity contribution in [3.05, 3.63) is 82.9 Å². The third kappa shape index (κ3) is 5.16. The summed E-state index contributed by atoms with van der Waals surface area (Å²) in [4.78, 5) is 12.9. The van der Waals surface area contributed by atoms with Crippen molar-refractivity contribution in [2.24, 2.45) is 5.14 Å². The highest BCUT2D eigenvalue weighted by Crippen LogP contribution is 2.25. The van der Waals surface area contributed by atoms with Crippen molar-refractivity contribution >= 4 is 37.3 Å². The molecule has 168 valence electrons. The van der Waals surface area contributed by atoms with Gasteiger partial charge in [-0.1, -0.05) is 30.3 Å². The van der Waals surface area contributed by atoms with E-state index in [2.05, 4.69) is 10.0 Å². The molecule has 0 aliphatic rings. The number of aryl methyl sites for hydroxylation is 3. The highest BCUT2D eigenvalue weighted by Gasteiger charge is 2.21. The van der Waals surface area contributed by atoms with E-state index in [1.807, 2.05) is 6.07 Å². The molecule has 0 spiro atoms. The van der Waals surface area contributed by atoms with Gasteiger partial charge in [-0.2, -0.15) is 0 Å². The third-order valence-corrected chi connectivity index (χ3v) is 7.36. The molecule has 0 radical (unpaired) electrons. The van der Waals surface area contributed by atoms with Crippen LogP contribution in [0.5, 0.6) is 0 Å². The standard InChI is InChI=1S/C22H23N3O5S2/c1-14-8-9-16(3)21(12-14)32(29,30)25-19-7-5-4-6-18(19)22(26)24-17-11-10-15(2)20(13-17)31(23,27)28/h4-13,25H,1-3H3,(H,24,26)(H2,23,27,28). The Labute approximate surface area is 187 Å². The number of anilines is 2. The maximum Gasteiger partial charge on any atom is 0.262 e. The first-order valence-corrected chi connectivity index (χ1v) is 12.6. The van der Waals surface area contributed by atoms with Crippen molar-refractivity contribution in [1.82, 2.24) is 0 Å². The van der Waals surface area contributed by atoms with Crippen LogP contribution in [0.15, 0.2) is 70.5 Å². The maximum atomic E-state index is 13.0. The summed E-state index contributed by atoms with van der Waals surface area (Å²) < 4.78 is 51.9. The Bertz CT molecular complexity index is 1420. The number of nitrogens with two attached hydrogens (primary N) is 1. The molecule has 3 rings (SSSR count). The molecule has 0 saturated carbocycles. The van der Waals surface area contributed by atoms with Gasteiger partial charge in [0.1, 0.15) is 0 Å². The highest BCUT2D eigenvalue weighted by molar-refractivity contribution is 7.92. The zero-order valence-electron chi connectivity index (χ0n) is 17.7. The molecule has 0 aliphatic carbocycles. The van der Waals surface area contributed by atoms with Gasteiger partial charge in [0.15, 0.2) is 0 Å². The van der Waals surface area contributed by atoms with E-state index in [1.165, 1.54) is 30.3 Å². The fourth-order valence-electron chi connectivity index (χ4n) is 3.15. The molecule has 0 bridgehead atoms. The molecule has 0 aliphatic heterocycles. The second-order valence-electron chi connectivity index (χ2n) is 7.40. The fraction of sp³-hybridized carbons (Fsp3) is 0.136. The summed E-state index contributed by atoms with van der Waals surface area (Å²) in [6.07, 6.45) is 0. The summed E-state index contributed by atoms with van der Waals surface area (Å²) in [7, 11) is -7.92. The van der Waals surface area contributed by atoms with E-state index in [0.717, 1.165) is 5.56 Å². The molecule has 0 saturated heterocycles. The van der Waals surface area contributed by atoms with Crippen LogP contribution in [0.4, 0.5) is 11.4 Å². The van der Waals surface area contributed by atoms with Gasteiger partial charge < -0.3 is 5.32 Å². The average molecular weight is 474 g/mol. The van der Waals surface area contributed by atoms with Crippen LogP contribution in [-0.4, -0.2) is 22.7 Å². The van der Waals surface area contributed by atoms with Gasteiger partial charge in [-0.25, -0.2) is 22.0 Å². The number of carbonyl (C=O) groups excluding carboxylic acids is 1. The molecule has 10 heteroatoms. The Morgan fingerprint density at radius 1 is 0.812 bits per heavy atom. The number of rotatable bonds is 6. The van der Waals surface area contributed by atoms with Crippen molar-refractivity contribution < 1.29 is 21.6 Å². The third-order valence-electron chi connectivity index (χ3n) is 4.80. The number of hydrogen-bond donors (Lipinski definition) is 3. The second kappa shape index (κ2) is 8.73. The quantitative estimate of drug-likeness (QED) is 0.505. The van der Waals surface area contributed by atoms with Crippen molar-refractivity contribution in [3.63, 3.8) is 0 Å². The van der Waals surface area contributed by atoms with Gasteiger partial charge in [-0.05, 0) is 67.8 Å². The van der Waals surface area contributed by atoms with E-state index in [9.17, 15) is 21.6 Å². The molecule has 1 amide bonds. The minimum absolute atomic E-state index is 0.0686. The van der Waals surface area contributed by atoms with Gasteiger partial charge in [-0.3, -0.25) is 9.52 Å². The first-order valence-electron chi connectivity index (χ1n) is 9.52. The number of sulfonamides is 2. The monoisotopic (exact) mass is 473 g/mol. The van der Waals surface area contributed by atoms with E-state index in [4.69, 9.17) is 5.14 Å². The van der Waals surface area contributed by atoms with Gasteiger partial charge in [0, 0.05) is 5.69 Å². The predicted molar refractivity (Wildman–Crippen MR) is 124 cm³/mol. The Balaban J connectivity index is 1.93. The zero-order chi connectivity index (χ0) is 23.7. The van der Waals surface area contributed by atoms with Gasteiger partial charge in [-0.15, -0.1) is 0 Å². The maximum absolute atomic E-state index is 13.0. The molecule has 3 aromatic carbocycles. The number of benzene rings is 3. The Morgan fingerprint density at radius 2 is 1.44 bits per heavy atom. The number of para-hydroxylation sites is 1. The number of carbonyl (C=O) groups is 1. The molecule has 8 nitrogen and oxygen atoms in total. The lowest BCUT2D eigenvalue weighted by atomic mass is 10.1. The van der Waals surface area contributed by atoms with Crippen LogP contribution in [-0.2, 0) is 20.0 Å². The normalized spacial score (nSPS) is 11.8. The molecule has 32 heavy (non-hydrogen) atoms. The minimum atomic E-state index is -3.97. The molecule has 0 aromatic heterocycles. The molecule has 0 unspecified atom stereocenters. The van der Waals surface area contributed by atoms with Crippen molar-refractivity contribution in [2.45, 2.75) is 30.6 Å². The predicted octanol–water partition coefficient (Wildman–Crippen LogP) is 3.31. The van der Waals surface area contributed by atoms with Crippen LogP contribution >= 0.6 is 0 Å². The molecule has 3 aromatic rings. The van der Waals surface area contributed by atoms with Crippen LogP contribution in [0, 0.1) is 20.8 Å². The van der Waals surface area contributed by atoms with Crippen molar-refractivity contribution in [2.75, 3.05) is 10.0 Å². The van der Waals surface area contributed by atoms with Crippen molar-refractivity contribution in [3.8, 4) is 0 Å². The number of amides is 1. The minimum Gasteiger partial charge on any atom is -0.322 e. The second-order valence-corrected chi connectivity index (χ2v) is 10.6. The van der Waals surface area contributed by atoms with Gasteiger partial charge in [0.05, 0.1) is 21.0 Å². The first-order chi connectivity index (χ1) is 14.9. The molecule has 4 N–H and O–H groups in total. The van der Waals surface area contributed by atoms with Gasteiger partial charge in [0.2, 0.25) is 10.0 Å². The Kier molecular flexibility index (Phi) is 6.40. The summed E-state index contributed by atoms with van der Waals surface area (Å²) in [5, 5.41) is 7.81. The van der Waals surface area contributed by atoms with E-state index in [-0.39, 0.29) is 26.7 Å². The topological polar surface area (TPSA) is 135 Å². The fourth-order valence-corrected chi connectivity index (χ4v) is 5.37. The van der Waals surface area contributed by atoms with Crippen molar-refractivity contribution in [1.29, 1.82) is 0 Å². The molecule has 0 heterocycles. The summed E-state index contributed by atoms with van der Waals surface area (Å²) in [6, 6.07) is 15.5. The van der Waals surface area contributed by atoms with Crippen LogP contribution in [0.3, 0.4) is 0 Å². The molecular formula is C22H23N3O5S2. The number of primary sulfonamides is 1.